The Morgan fingerprint density at radius 3 is 1.88 bits per heavy atom. The highest BCUT2D eigenvalue weighted by molar-refractivity contribution is 6.17. The molecule has 1 atom stereocenters. The van der Waals surface area contributed by atoms with Crippen molar-refractivity contribution in [2.45, 2.75) is 43.9 Å². The summed E-state index contributed by atoms with van der Waals surface area (Å²) in [5.74, 6) is 0.871. The van der Waals surface area contributed by atoms with Crippen LogP contribution in [0, 0.1) is 0 Å². The van der Waals surface area contributed by atoms with E-state index in [4.69, 9.17) is 0 Å². The minimum atomic E-state index is -0.488. The summed E-state index contributed by atoms with van der Waals surface area (Å²) in [6, 6.07) is 64.6. The van der Waals surface area contributed by atoms with Gasteiger partial charge in [0.05, 0.1) is 5.41 Å². The molecule has 0 heterocycles. The molecule has 2 aliphatic rings. The second kappa shape index (κ2) is 11.7. The molecule has 2 aliphatic carbocycles. The fraction of sp³-hybridized carbons (Fsp3) is 0.137. The van der Waals surface area contributed by atoms with Gasteiger partial charge in [0, 0.05) is 5.92 Å². The lowest BCUT2D eigenvalue weighted by molar-refractivity contribution is 0.768. The molecule has 0 N–H and O–H groups in total. The highest BCUT2D eigenvalue weighted by atomic mass is 14.5. The topological polar surface area (TPSA) is 0 Å². The van der Waals surface area contributed by atoms with Crippen LogP contribution in [0.3, 0.4) is 0 Å². The normalized spacial score (nSPS) is 15.6. The van der Waals surface area contributed by atoms with Crippen molar-refractivity contribution < 1.29 is 0 Å². The molecule has 0 aliphatic heterocycles. The van der Waals surface area contributed by atoms with Crippen LogP contribution in [0.5, 0.6) is 0 Å². The molecule has 0 nitrogen and oxygen atoms in total. The van der Waals surface area contributed by atoms with Gasteiger partial charge in [-0.1, -0.05) is 178 Å². The standard InChI is InChI=1S/C51H40/c1-33(2)36-23-26-42-43-27-28-44-47-31-37(41-25-22-35-16-12-13-21-40(35)41)24-29-49(47)51(38-17-8-4-9-18-38,39-19-10-5-11-20-39)50(44)48(43)32-45(46(42)30-36)34-14-6-3-7-15-34/h3-21,23-24,26-33,41H,22,25H2,1-2H3. The monoisotopic (exact) mass is 652 g/mol. The maximum Gasteiger partial charge on any atom is 0.0719 e. The van der Waals surface area contributed by atoms with Crippen molar-refractivity contribution in [3.8, 4) is 22.3 Å². The van der Waals surface area contributed by atoms with Gasteiger partial charge in [-0.25, -0.2) is 0 Å². The number of aryl methyl sites for hydroxylation is 1. The van der Waals surface area contributed by atoms with E-state index in [1.165, 1.54) is 88.3 Å². The van der Waals surface area contributed by atoms with Crippen molar-refractivity contribution in [1.29, 1.82) is 0 Å². The van der Waals surface area contributed by atoms with E-state index >= 15 is 0 Å². The molecule has 0 saturated carbocycles. The van der Waals surface area contributed by atoms with Gasteiger partial charge >= 0.3 is 0 Å². The average molecular weight is 653 g/mol. The molecule has 8 aromatic rings. The van der Waals surface area contributed by atoms with Gasteiger partial charge in [-0.3, -0.25) is 0 Å². The van der Waals surface area contributed by atoms with Crippen LogP contribution in [0.15, 0.2) is 170 Å². The molecule has 0 radical (unpaired) electrons. The Balaban J connectivity index is 1.35. The Kier molecular flexibility index (Phi) is 6.90. The third-order valence-electron chi connectivity index (χ3n) is 12.0. The van der Waals surface area contributed by atoms with Gasteiger partial charge in [0.1, 0.15) is 0 Å². The summed E-state index contributed by atoms with van der Waals surface area (Å²) in [6.45, 7) is 4.59. The van der Waals surface area contributed by atoms with Crippen molar-refractivity contribution in [2.75, 3.05) is 0 Å². The predicted molar refractivity (Wildman–Crippen MR) is 215 cm³/mol. The van der Waals surface area contributed by atoms with Crippen molar-refractivity contribution in [1.82, 2.24) is 0 Å². The van der Waals surface area contributed by atoms with E-state index in [-0.39, 0.29) is 0 Å². The summed E-state index contributed by atoms with van der Waals surface area (Å²) in [6.07, 6.45) is 2.31. The van der Waals surface area contributed by atoms with Crippen LogP contribution in [0.4, 0.5) is 0 Å². The van der Waals surface area contributed by atoms with E-state index < -0.39 is 5.41 Å². The molecule has 0 aromatic heterocycles. The molecule has 0 bridgehead atoms. The first-order valence-corrected chi connectivity index (χ1v) is 18.6. The highest BCUT2D eigenvalue weighted by Crippen LogP contribution is 2.59. The summed E-state index contributed by atoms with van der Waals surface area (Å²) in [4.78, 5) is 0. The Morgan fingerprint density at radius 2 is 1.16 bits per heavy atom. The van der Waals surface area contributed by atoms with E-state index in [1.54, 1.807) is 0 Å². The molecule has 0 spiro atoms. The SMILES string of the molecule is CC(C)c1ccc2c(c1)c(-c1ccccc1)cc1c3c(ccc12)-c1cc(C2CCc4ccccc42)ccc1C3(c1ccccc1)c1ccccc1. The molecular weight excluding hydrogens is 613 g/mol. The lowest BCUT2D eigenvalue weighted by Gasteiger charge is -2.35. The minimum Gasteiger partial charge on any atom is -0.0622 e. The van der Waals surface area contributed by atoms with Gasteiger partial charge < -0.3 is 0 Å². The Hall–Kier alpha value is -5.72. The van der Waals surface area contributed by atoms with Crippen LogP contribution >= 0.6 is 0 Å². The Morgan fingerprint density at radius 1 is 0.510 bits per heavy atom. The van der Waals surface area contributed by atoms with Gasteiger partial charge in [-0.05, 0) is 113 Å². The summed E-state index contributed by atoms with van der Waals surface area (Å²) in [7, 11) is 0. The van der Waals surface area contributed by atoms with Crippen LogP contribution in [0.2, 0.25) is 0 Å². The first-order chi connectivity index (χ1) is 25.1. The molecular formula is C51H40. The van der Waals surface area contributed by atoms with Gasteiger partial charge in [-0.2, -0.15) is 0 Å². The fourth-order valence-corrected chi connectivity index (χ4v) is 9.60. The van der Waals surface area contributed by atoms with Gasteiger partial charge in [-0.15, -0.1) is 0 Å². The van der Waals surface area contributed by atoms with Gasteiger partial charge in [0.25, 0.3) is 0 Å². The van der Waals surface area contributed by atoms with E-state index in [0.29, 0.717) is 11.8 Å². The second-order valence-electron chi connectivity index (χ2n) is 14.9. The zero-order chi connectivity index (χ0) is 34.1. The van der Waals surface area contributed by atoms with Crippen LogP contribution in [0.25, 0.3) is 43.8 Å². The first-order valence-electron chi connectivity index (χ1n) is 18.6. The van der Waals surface area contributed by atoms with E-state index in [0.717, 1.165) is 12.8 Å². The highest BCUT2D eigenvalue weighted by Gasteiger charge is 2.47. The second-order valence-corrected chi connectivity index (χ2v) is 14.9. The molecule has 1 unspecified atom stereocenters. The van der Waals surface area contributed by atoms with E-state index in [2.05, 4.69) is 184 Å². The maximum atomic E-state index is 2.55. The molecule has 51 heavy (non-hydrogen) atoms. The zero-order valence-electron chi connectivity index (χ0n) is 29.2. The van der Waals surface area contributed by atoms with E-state index in [9.17, 15) is 0 Å². The van der Waals surface area contributed by atoms with Crippen molar-refractivity contribution in [2.24, 2.45) is 0 Å². The Labute approximate surface area is 301 Å². The molecule has 244 valence electrons. The minimum absolute atomic E-state index is 0.419. The molecule has 0 saturated heterocycles. The van der Waals surface area contributed by atoms with Crippen molar-refractivity contribution in [3.05, 3.63) is 214 Å². The smallest absolute Gasteiger partial charge is 0.0622 e. The summed E-state index contributed by atoms with van der Waals surface area (Å²) in [5.41, 5.74) is 15.9. The van der Waals surface area contributed by atoms with Crippen LogP contribution in [-0.4, -0.2) is 0 Å². The van der Waals surface area contributed by atoms with Gasteiger partial charge in [0.2, 0.25) is 0 Å². The summed E-state index contributed by atoms with van der Waals surface area (Å²) < 4.78 is 0. The first kappa shape index (κ1) is 30.1. The van der Waals surface area contributed by atoms with Crippen molar-refractivity contribution >= 4 is 21.5 Å². The average Bonchev–Trinajstić information content (AvgIpc) is 3.76. The number of fused-ring (bicyclic) bond motifs is 8. The lowest BCUT2D eigenvalue weighted by atomic mass is 9.66. The molecule has 8 aromatic carbocycles. The fourth-order valence-electron chi connectivity index (χ4n) is 9.60. The van der Waals surface area contributed by atoms with Crippen LogP contribution in [0.1, 0.15) is 76.6 Å². The molecule has 0 heteroatoms. The molecule has 10 rings (SSSR count). The van der Waals surface area contributed by atoms with Crippen molar-refractivity contribution in [3.63, 3.8) is 0 Å². The maximum absolute atomic E-state index is 2.55. The predicted octanol–water partition coefficient (Wildman–Crippen LogP) is 13.2. The quantitative estimate of drug-likeness (QED) is 0.162. The lowest BCUT2D eigenvalue weighted by Crippen LogP contribution is -2.28. The number of benzene rings is 8. The molecule has 0 fully saturated rings. The van der Waals surface area contributed by atoms with Gasteiger partial charge in [0.15, 0.2) is 0 Å². The van der Waals surface area contributed by atoms with Crippen LogP contribution in [-0.2, 0) is 11.8 Å². The molecule has 0 amide bonds. The largest absolute Gasteiger partial charge is 0.0719 e. The number of hydrogen-bond donors (Lipinski definition) is 0. The number of hydrogen-bond acceptors (Lipinski definition) is 0. The number of rotatable bonds is 5. The third-order valence-corrected chi connectivity index (χ3v) is 12.0. The summed E-state index contributed by atoms with van der Waals surface area (Å²) >= 11 is 0. The third kappa shape index (κ3) is 4.46. The zero-order valence-corrected chi connectivity index (χ0v) is 29.2. The van der Waals surface area contributed by atoms with E-state index in [1.807, 2.05) is 0 Å². The Bertz CT molecular complexity index is 2550. The van der Waals surface area contributed by atoms with Crippen LogP contribution < -0.4 is 0 Å². The summed E-state index contributed by atoms with van der Waals surface area (Å²) in [5, 5.41) is 5.27.